The number of hydrogen-bond donors (Lipinski definition) is 0. The van der Waals surface area contributed by atoms with E-state index in [4.69, 9.17) is 4.42 Å². The van der Waals surface area contributed by atoms with Crippen LogP contribution in [0.25, 0.3) is 110 Å². The van der Waals surface area contributed by atoms with Gasteiger partial charge in [0.2, 0.25) is 0 Å². The molecular formula is C60H42N2O. The highest BCUT2D eigenvalue weighted by molar-refractivity contribution is 6.14. The van der Waals surface area contributed by atoms with Crippen molar-refractivity contribution in [1.82, 2.24) is 9.13 Å². The summed E-state index contributed by atoms with van der Waals surface area (Å²) < 4.78 is 11.3. The van der Waals surface area contributed by atoms with Crippen LogP contribution in [0.2, 0.25) is 0 Å². The molecule has 9 aromatic carbocycles. The van der Waals surface area contributed by atoms with E-state index in [0.29, 0.717) is 0 Å². The van der Waals surface area contributed by atoms with E-state index >= 15 is 0 Å². The fourth-order valence-electron chi connectivity index (χ4n) is 11.8. The van der Waals surface area contributed by atoms with Crippen molar-refractivity contribution in [3.63, 3.8) is 0 Å². The molecule has 3 heterocycles. The number of para-hydroxylation sites is 2. The molecule has 1 fully saturated rings. The first-order valence-electron chi connectivity index (χ1n) is 22.5. The van der Waals surface area contributed by atoms with Crippen LogP contribution < -0.4 is 0 Å². The first-order chi connectivity index (χ1) is 31.2. The lowest BCUT2D eigenvalue weighted by atomic mass is 9.68. The molecule has 298 valence electrons. The molecular weight excluding hydrogens is 765 g/mol. The molecule has 2 aliphatic rings. The normalized spacial score (nSPS) is 14.5. The smallest absolute Gasteiger partial charge is 0.137 e. The minimum Gasteiger partial charge on any atom is -0.456 e. The Morgan fingerprint density at radius 2 is 0.905 bits per heavy atom. The van der Waals surface area contributed by atoms with Crippen LogP contribution in [-0.2, 0) is 5.41 Å². The average molecular weight is 807 g/mol. The van der Waals surface area contributed by atoms with Crippen LogP contribution in [0.15, 0.2) is 199 Å². The number of fused-ring (bicyclic) bond motifs is 14. The first kappa shape index (κ1) is 35.0. The lowest BCUT2D eigenvalue weighted by Crippen LogP contribution is -2.27. The third-order valence-electron chi connectivity index (χ3n) is 14.7. The SMILES string of the molecule is c1ccc(-c2ccc(-n3c4cc(-c5ccc6c7ccccc7n(-c7ccc8c(c7)oc7ccccc78)c6c5)ccc4c4cc5c(cc43)-c3ccccc3C53CCCCC3)cc2)cc1. The van der Waals surface area contributed by atoms with Crippen molar-refractivity contribution in [3.8, 4) is 44.8 Å². The molecule has 0 amide bonds. The Morgan fingerprint density at radius 3 is 1.71 bits per heavy atom. The summed E-state index contributed by atoms with van der Waals surface area (Å²) in [5.74, 6) is 0. The fraction of sp³-hybridized carbons (Fsp3) is 0.100. The molecule has 3 heteroatoms. The van der Waals surface area contributed by atoms with Gasteiger partial charge in [-0.3, -0.25) is 0 Å². The molecule has 1 spiro atoms. The van der Waals surface area contributed by atoms with Gasteiger partial charge >= 0.3 is 0 Å². The van der Waals surface area contributed by atoms with Gasteiger partial charge in [0.15, 0.2) is 0 Å². The predicted molar refractivity (Wildman–Crippen MR) is 263 cm³/mol. The molecule has 12 aromatic rings. The predicted octanol–water partition coefficient (Wildman–Crippen LogP) is 16.3. The van der Waals surface area contributed by atoms with Gasteiger partial charge in [-0.05, 0) is 118 Å². The Morgan fingerprint density at radius 1 is 0.333 bits per heavy atom. The lowest BCUT2D eigenvalue weighted by Gasteiger charge is -2.36. The summed E-state index contributed by atoms with van der Waals surface area (Å²) in [5.41, 5.74) is 19.7. The number of benzene rings is 9. The molecule has 0 saturated heterocycles. The van der Waals surface area contributed by atoms with Crippen molar-refractivity contribution >= 4 is 65.6 Å². The van der Waals surface area contributed by atoms with Crippen LogP contribution in [0.5, 0.6) is 0 Å². The second kappa shape index (κ2) is 13.2. The molecule has 0 atom stereocenters. The van der Waals surface area contributed by atoms with Gasteiger partial charge in [-0.2, -0.15) is 0 Å². The number of furan rings is 1. The van der Waals surface area contributed by atoms with E-state index in [1.54, 1.807) is 0 Å². The topological polar surface area (TPSA) is 23.0 Å². The molecule has 3 aromatic heterocycles. The number of aromatic nitrogens is 2. The summed E-state index contributed by atoms with van der Waals surface area (Å²) in [6.07, 6.45) is 6.33. The first-order valence-corrected chi connectivity index (χ1v) is 22.5. The van der Waals surface area contributed by atoms with Crippen molar-refractivity contribution in [2.24, 2.45) is 0 Å². The van der Waals surface area contributed by atoms with E-state index in [1.807, 2.05) is 6.07 Å². The maximum absolute atomic E-state index is 6.41. The van der Waals surface area contributed by atoms with Crippen LogP contribution in [0, 0.1) is 0 Å². The average Bonchev–Trinajstić information content (AvgIpc) is 4.06. The minimum atomic E-state index is 0.0901. The molecule has 14 rings (SSSR count). The van der Waals surface area contributed by atoms with Gasteiger partial charge in [-0.25, -0.2) is 0 Å². The summed E-state index contributed by atoms with van der Waals surface area (Å²) in [6.45, 7) is 0. The number of hydrogen-bond acceptors (Lipinski definition) is 1. The summed E-state index contributed by atoms with van der Waals surface area (Å²) in [4.78, 5) is 0. The minimum absolute atomic E-state index is 0.0901. The Balaban J connectivity index is 0.987. The van der Waals surface area contributed by atoms with Crippen molar-refractivity contribution in [2.75, 3.05) is 0 Å². The fourth-order valence-corrected chi connectivity index (χ4v) is 11.8. The van der Waals surface area contributed by atoms with E-state index < -0.39 is 0 Å². The summed E-state index contributed by atoms with van der Waals surface area (Å²) >= 11 is 0. The maximum Gasteiger partial charge on any atom is 0.137 e. The monoisotopic (exact) mass is 806 g/mol. The summed E-state index contributed by atoms with van der Waals surface area (Å²) in [5, 5.41) is 7.38. The zero-order valence-electron chi connectivity index (χ0n) is 34.8. The van der Waals surface area contributed by atoms with Crippen molar-refractivity contribution in [1.29, 1.82) is 0 Å². The Bertz CT molecular complexity index is 3820. The summed E-state index contributed by atoms with van der Waals surface area (Å²) in [6, 6.07) is 72.2. The second-order valence-electron chi connectivity index (χ2n) is 17.9. The maximum atomic E-state index is 6.41. The van der Waals surface area contributed by atoms with E-state index in [-0.39, 0.29) is 5.41 Å². The number of rotatable bonds is 4. The molecule has 63 heavy (non-hydrogen) atoms. The molecule has 0 aliphatic heterocycles. The van der Waals surface area contributed by atoms with E-state index in [1.165, 1.54) is 126 Å². The molecule has 1 saturated carbocycles. The Kier molecular flexibility index (Phi) is 7.33. The van der Waals surface area contributed by atoms with E-state index in [2.05, 4.69) is 197 Å². The van der Waals surface area contributed by atoms with Gasteiger partial charge in [0.1, 0.15) is 11.2 Å². The molecule has 0 unspecified atom stereocenters. The Hall–Kier alpha value is -7.62. The van der Waals surface area contributed by atoms with Gasteiger partial charge in [0, 0.05) is 55.2 Å². The van der Waals surface area contributed by atoms with Crippen LogP contribution in [0.3, 0.4) is 0 Å². The number of nitrogens with zero attached hydrogens (tertiary/aromatic N) is 2. The molecule has 0 N–H and O–H groups in total. The third-order valence-corrected chi connectivity index (χ3v) is 14.7. The van der Waals surface area contributed by atoms with Gasteiger partial charge in [0.05, 0.1) is 22.1 Å². The Labute approximate surface area is 365 Å². The molecule has 0 radical (unpaired) electrons. The van der Waals surface area contributed by atoms with Crippen molar-refractivity contribution < 1.29 is 4.42 Å². The standard InChI is InChI=1S/C60H42N2O/c1-3-13-38(14-4-1)39-21-25-42(26-22-39)61-56-34-41(24-29-47(56)51-36-53-50(37-57(51)61)44-15-5-8-18-52(44)60(53)31-11-2-12-32-60)40-23-28-46-45-16-6-9-19-54(45)62(55(46)33-40)43-27-30-49-48-17-7-10-20-58(48)63-59(49)35-43/h1,3-10,13-30,33-37H,2,11-12,31-32H2. The van der Waals surface area contributed by atoms with Crippen LogP contribution in [-0.4, -0.2) is 9.13 Å². The zero-order valence-corrected chi connectivity index (χ0v) is 34.8. The van der Waals surface area contributed by atoms with Gasteiger partial charge in [-0.1, -0.05) is 147 Å². The quantitative estimate of drug-likeness (QED) is 0.174. The van der Waals surface area contributed by atoms with Gasteiger partial charge < -0.3 is 13.6 Å². The van der Waals surface area contributed by atoms with Gasteiger partial charge in [0.25, 0.3) is 0 Å². The van der Waals surface area contributed by atoms with Crippen LogP contribution >= 0.6 is 0 Å². The third kappa shape index (κ3) is 5.02. The van der Waals surface area contributed by atoms with Crippen molar-refractivity contribution in [3.05, 3.63) is 205 Å². The highest BCUT2D eigenvalue weighted by atomic mass is 16.3. The molecule has 3 nitrogen and oxygen atoms in total. The largest absolute Gasteiger partial charge is 0.456 e. The second-order valence-corrected chi connectivity index (χ2v) is 17.9. The zero-order chi connectivity index (χ0) is 41.2. The molecule has 2 aliphatic carbocycles. The van der Waals surface area contributed by atoms with Crippen LogP contribution in [0.4, 0.5) is 0 Å². The summed E-state index contributed by atoms with van der Waals surface area (Å²) in [7, 11) is 0. The van der Waals surface area contributed by atoms with Crippen LogP contribution in [0.1, 0.15) is 43.2 Å². The van der Waals surface area contributed by atoms with E-state index in [0.717, 1.165) is 27.6 Å². The highest BCUT2D eigenvalue weighted by Gasteiger charge is 2.44. The van der Waals surface area contributed by atoms with Gasteiger partial charge in [-0.15, -0.1) is 0 Å². The highest BCUT2D eigenvalue weighted by Crippen LogP contribution is 2.57. The lowest BCUT2D eigenvalue weighted by molar-refractivity contribution is 0.353. The molecule has 0 bridgehead atoms. The van der Waals surface area contributed by atoms with Crippen molar-refractivity contribution in [2.45, 2.75) is 37.5 Å². The van der Waals surface area contributed by atoms with E-state index in [9.17, 15) is 0 Å².